The summed E-state index contributed by atoms with van der Waals surface area (Å²) in [5.74, 6) is -0.305. The second kappa shape index (κ2) is 5.01. The number of fused-ring (bicyclic) bond motifs is 1. The van der Waals surface area contributed by atoms with Crippen LogP contribution >= 0.6 is 0 Å². The zero-order valence-electron chi connectivity index (χ0n) is 11.9. The highest BCUT2D eigenvalue weighted by atomic mass is 16.3. The summed E-state index contributed by atoms with van der Waals surface area (Å²) in [6.45, 7) is 4.52. The maximum Gasteiger partial charge on any atom is 0.198 e. The SMILES string of the molecule is CCn1ncc2c(O)c(C(=O)c3cccc(C)c3)cnc21. The van der Waals surface area contributed by atoms with Gasteiger partial charge in [0.15, 0.2) is 11.4 Å². The van der Waals surface area contributed by atoms with Crippen LogP contribution in [0.1, 0.15) is 28.4 Å². The highest BCUT2D eigenvalue weighted by Crippen LogP contribution is 2.28. The van der Waals surface area contributed by atoms with Gasteiger partial charge >= 0.3 is 0 Å². The molecule has 0 fully saturated rings. The first kappa shape index (κ1) is 13.3. The lowest BCUT2D eigenvalue weighted by Crippen LogP contribution is -2.04. The third kappa shape index (κ3) is 2.16. The Kier molecular flexibility index (Phi) is 3.17. The van der Waals surface area contributed by atoms with E-state index in [2.05, 4.69) is 10.1 Å². The second-order valence-electron chi connectivity index (χ2n) is 4.92. The molecule has 0 radical (unpaired) electrons. The molecule has 1 aromatic carbocycles. The summed E-state index contributed by atoms with van der Waals surface area (Å²) >= 11 is 0. The quantitative estimate of drug-likeness (QED) is 0.749. The van der Waals surface area contributed by atoms with E-state index in [1.807, 2.05) is 26.0 Å². The number of pyridine rings is 1. The summed E-state index contributed by atoms with van der Waals surface area (Å²) in [5, 5.41) is 15.0. The molecular weight excluding hydrogens is 266 g/mol. The molecule has 1 N–H and O–H groups in total. The van der Waals surface area contributed by atoms with E-state index in [0.717, 1.165) is 5.56 Å². The van der Waals surface area contributed by atoms with E-state index >= 15 is 0 Å². The van der Waals surface area contributed by atoms with Crippen molar-refractivity contribution in [3.05, 3.63) is 53.3 Å². The molecule has 0 aliphatic heterocycles. The smallest absolute Gasteiger partial charge is 0.198 e. The molecule has 0 saturated carbocycles. The number of aromatic nitrogens is 3. The summed E-state index contributed by atoms with van der Waals surface area (Å²) in [5.41, 5.74) is 2.31. The van der Waals surface area contributed by atoms with Crippen LogP contribution < -0.4 is 0 Å². The fourth-order valence-electron chi connectivity index (χ4n) is 2.35. The number of hydrogen-bond donors (Lipinski definition) is 1. The first-order chi connectivity index (χ1) is 10.1. The molecule has 2 heterocycles. The summed E-state index contributed by atoms with van der Waals surface area (Å²) < 4.78 is 1.68. The Morgan fingerprint density at radius 1 is 1.33 bits per heavy atom. The Morgan fingerprint density at radius 3 is 2.86 bits per heavy atom. The van der Waals surface area contributed by atoms with E-state index in [1.165, 1.54) is 12.4 Å². The number of carbonyl (C=O) groups is 1. The summed E-state index contributed by atoms with van der Waals surface area (Å²) in [6.07, 6.45) is 2.95. The van der Waals surface area contributed by atoms with Crippen molar-refractivity contribution in [1.29, 1.82) is 0 Å². The summed E-state index contributed by atoms with van der Waals surface area (Å²) in [6, 6.07) is 7.26. The number of rotatable bonds is 3. The largest absolute Gasteiger partial charge is 0.506 e. The van der Waals surface area contributed by atoms with Gasteiger partial charge in [0.25, 0.3) is 0 Å². The van der Waals surface area contributed by atoms with Crippen LogP contribution in [0.5, 0.6) is 5.75 Å². The monoisotopic (exact) mass is 281 g/mol. The van der Waals surface area contributed by atoms with E-state index in [-0.39, 0.29) is 17.1 Å². The highest BCUT2D eigenvalue weighted by Gasteiger charge is 2.18. The second-order valence-corrected chi connectivity index (χ2v) is 4.92. The molecule has 3 rings (SSSR count). The van der Waals surface area contributed by atoms with Crippen LogP contribution in [0, 0.1) is 6.92 Å². The number of carbonyl (C=O) groups excluding carboxylic acids is 1. The number of aromatic hydroxyl groups is 1. The van der Waals surface area contributed by atoms with Crippen molar-refractivity contribution >= 4 is 16.8 Å². The first-order valence-corrected chi connectivity index (χ1v) is 6.76. The van der Waals surface area contributed by atoms with Crippen molar-refractivity contribution in [2.75, 3.05) is 0 Å². The van der Waals surface area contributed by atoms with Gasteiger partial charge in [0.2, 0.25) is 0 Å². The van der Waals surface area contributed by atoms with Gasteiger partial charge in [-0.1, -0.05) is 23.8 Å². The van der Waals surface area contributed by atoms with E-state index in [4.69, 9.17) is 0 Å². The Labute approximate surface area is 121 Å². The van der Waals surface area contributed by atoms with Crippen LogP contribution in [0.25, 0.3) is 11.0 Å². The Morgan fingerprint density at radius 2 is 2.14 bits per heavy atom. The average molecular weight is 281 g/mol. The van der Waals surface area contributed by atoms with Crippen LogP contribution in [-0.4, -0.2) is 25.7 Å². The molecular formula is C16H15N3O2. The molecule has 0 saturated heterocycles. The van der Waals surface area contributed by atoms with Gasteiger partial charge in [-0.2, -0.15) is 5.10 Å². The first-order valence-electron chi connectivity index (χ1n) is 6.76. The molecule has 0 spiro atoms. The predicted molar refractivity (Wildman–Crippen MR) is 79.5 cm³/mol. The molecule has 0 aliphatic carbocycles. The number of aryl methyl sites for hydroxylation is 2. The number of ketones is 1. The molecule has 0 aliphatic rings. The molecule has 0 bridgehead atoms. The van der Waals surface area contributed by atoms with Crippen LogP contribution in [0.4, 0.5) is 0 Å². The van der Waals surface area contributed by atoms with Crippen molar-refractivity contribution < 1.29 is 9.90 Å². The van der Waals surface area contributed by atoms with Gasteiger partial charge in [0.1, 0.15) is 5.75 Å². The fraction of sp³-hybridized carbons (Fsp3) is 0.188. The molecule has 5 heteroatoms. The molecule has 5 nitrogen and oxygen atoms in total. The van der Waals surface area contributed by atoms with E-state index in [0.29, 0.717) is 23.1 Å². The molecule has 3 aromatic rings. The van der Waals surface area contributed by atoms with E-state index < -0.39 is 0 Å². The summed E-state index contributed by atoms with van der Waals surface area (Å²) in [7, 11) is 0. The van der Waals surface area contributed by atoms with Gasteiger partial charge in [-0.05, 0) is 19.9 Å². The van der Waals surface area contributed by atoms with Crippen molar-refractivity contribution in [1.82, 2.24) is 14.8 Å². The van der Waals surface area contributed by atoms with Gasteiger partial charge in [0, 0.05) is 18.3 Å². The minimum atomic E-state index is -0.241. The van der Waals surface area contributed by atoms with Gasteiger partial charge in [-0.15, -0.1) is 0 Å². The predicted octanol–water partition coefficient (Wildman–Crippen LogP) is 2.70. The Hall–Kier alpha value is -2.69. The maximum atomic E-state index is 12.5. The van der Waals surface area contributed by atoms with Crippen LogP contribution in [-0.2, 0) is 6.54 Å². The lowest BCUT2D eigenvalue weighted by atomic mass is 10.0. The molecule has 21 heavy (non-hydrogen) atoms. The van der Waals surface area contributed by atoms with Gasteiger partial charge in [0.05, 0.1) is 17.1 Å². The van der Waals surface area contributed by atoms with Crippen LogP contribution in [0.3, 0.4) is 0 Å². The lowest BCUT2D eigenvalue weighted by Gasteiger charge is -2.06. The zero-order valence-corrected chi connectivity index (χ0v) is 11.9. The van der Waals surface area contributed by atoms with Gasteiger partial charge < -0.3 is 5.11 Å². The van der Waals surface area contributed by atoms with Crippen molar-refractivity contribution in [3.8, 4) is 5.75 Å². The van der Waals surface area contributed by atoms with Crippen molar-refractivity contribution in [2.45, 2.75) is 20.4 Å². The topological polar surface area (TPSA) is 68.0 Å². The Bertz CT molecular complexity index is 837. The lowest BCUT2D eigenvalue weighted by molar-refractivity contribution is 0.103. The fourth-order valence-corrected chi connectivity index (χ4v) is 2.35. The van der Waals surface area contributed by atoms with E-state index in [1.54, 1.807) is 16.8 Å². The van der Waals surface area contributed by atoms with Crippen LogP contribution in [0.15, 0.2) is 36.7 Å². The number of hydrogen-bond acceptors (Lipinski definition) is 4. The maximum absolute atomic E-state index is 12.5. The summed E-state index contributed by atoms with van der Waals surface area (Å²) in [4.78, 5) is 16.8. The molecule has 0 atom stereocenters. The number of benzene rings is 1. The number of nitrogens with zero attached hydrogens (tertiary/aromatic N) is 3. The average Bonchev–Trinajstić information content (AvgIpc) is 2.91. The van der Waals surface area contributed by atoms with Crippen molar-refractivity contribution in [2.24, 2.45) is 0 Å². The minimum absolute atomic E-state index is 0.0637. The van der Waals surface area contributed by atoms with Crippen LogP contribution in [0.2, 0.25) is 0 Å². The normalized spacial score (nSPS) is 11.0. The van der Waals surface area contributed by atoms with E-state index in [9.17, 15) is 9.90 Å². The molecule has 0 amide bonds. The Balaban J connectivity index is 2.12. The highest BCUT2D eigenvalue weighted by molar-refractivity contribution is 6.12. The zero-order chi connectivity index (χ0) is 15.0. The third-order valence-corrected chi connectivity index (χ3v) is 3.46. The van der Waals surface area contributed by atoms with Gasteiger partial charge in [-0.25, -0.2) is 9.67 Å². The molecule has 0 unspecified atom stereocenters. The minimum Gasteiger partial charge on any atom is -0.506 e. The molecule has 106 valence electrons. The van der Waals surface area contributed by atoms with Gasteiger partial charge in [-0.3, -0.25) is 4.79 Å². The molecule has 2 aromatic heterocycles. The standard InChI is InChI=1S/C16H15N3O2/c1-3-19-16-13(9-18-19)15(21)12(8-17-16)14(20)11-6-4-5-10(2)7-11/h4-9H,3H2,1-2H3,(H,17,21). The van der Waals surface area contributed by atoms with Crippen molar-refractivity contribution in [3.63, 3.8) is 0 Å². The third-order valence-electron chi connectivity index (χ3n) is 3.46.